The van der Waals surface area contributed by atoms with Crippen molar-refractivity contribution in [3.05, 3.63) is 58.9 Å². The number of aldehydes is 1. The molecule has 7 heteroatoms. The smallest absolute Gasteiger partial charge is 0.370 e. The van der Waals surface area contributed by atoms with Crippen LogP contribution in [0.1, 0.15) is 46.3 Å². The summed E-state index contributed by atoms with van der Waals surface area (Å²) in [5, 5.41) is 0. The molecule has 0 aliphatic carbocycles. The number of halogens is 3. The number of nitrogens with zero attached hydrogens (tertiary/aromatic N) is 2. The van der Waals surface area contributed by atoms with Crippen LogP contribution in [0.15, 0.2) is 36.4 Å². The van der Waals surface area contributed by atoms with E-state index in [2.05, 4.69) is 4.98 Å². The molecule has 1 fully saturated rings. The summed E-state index contributed by atoms with van der Waals surface area (Å²) in [6.07, 6.45) is -2.33. The molecule has 0 unspecified atom stereocenters. The lowest BCUT2D eigenvalue weighted by Gasteiger charge is -2.16. The van der Waals surface area contributed by atoms with Crippen molar-refractivity contribution < 1.29 is 22.7 Å². The molecule has 1 saturated heterocycles. The second-order valence-corrected chi connectivity index (χ2v) is 6.62. The van der Waals surface area contributed by atoms with Gasteiger partial charge < -0.3 is 4.74 Å². The SMILES string of the molecule is Cc1c(C=O)cccc1-n1c([C@H]2CCCO2)nc2cc(C(F)(F)F)ccc21. The molecule has 0 amide bonds. The van der Waals surface area contributed by atoms with Crippen LogP contribution in [0.4, 0.5) is 13.2 Å². The van der Waals surface area contributed by atoms with Gasteiger partial charge in [0.25, 0.3) is 0 Å². The number of imidazole rings is 1. The molecule has 0 N–H and O–H groups in total. The van der Waals surface area contributed by atoms with E-state index in [9.17, 15) is 18.0 Å². The lowest BCUT2D eigenvalue weighted by atomic mass is 10.1. The number of rotatable bonds is 3. The fourth-order valence-electron chi connectivity index (χ4n) is 3.54. The third-order valence-corrected chi connectivity index (χ3v) is 4.94. The van der Waals surface area contributed by atoms with Gasteiger partial charge in [0.1, 0.15) is 18.2 Å². The average molecular weight is 374 g/mol. The summed E-state index contributed by atoms with van der Waals surface area (Å²) in [7, 11) is 0. The molecule has 3 aromatic rings. The molecule has 0 bridgehead atoms. The molecular formula is C20H17F3N2O2. The predicted octanol–water partition coefficient (Wildman–Crippen LogP) is 5.02. The van der Waals surface area contributed by atoms with E-state index in [0.29, 0.717) is 29.2 Å². The molecule has 4 nitrogen and oxygen atoms in total. The Morgan fingerprint density at radius 3 is 2.74 bits per heavy atom. The van der Waals surface area contributed by atoms with E-state index in [1.165, 1.54) is 6.07 Å². The van der Waals surface area contributed by atoms with Gasteiger partial charge in [0.05, 0.1) is 22.3 Å². The van der Waals surface area contributed by atoms with Crippen molar-refractivity contribution in [2.75, 3.05) is 6.61 Å². The van der Waals surface area contributed by atoms with Gasteiger partial charge in [-0.2, -0.15) is 13.2 Å². The molecule has 1 aliphatic rings. The molecule has 0 radical (unpaired) electrons. The van der Waals surface area contributed by atoms with E-state index in [0.717, 1.165) is 36.8 Å². The standard InChI is InChI=1S/C20H17F3N2O2/c1-12-13(11-26)4-2-5-16(12)25-17-8-7-14(20(21,22)23)10-15(17)24-19(25)18-6-3-9-27-18/h2,4-5,7-8,10-11,18H,3,6,9H2,1H3/t18-/m1/s1. The highest BCUT2D eigenvalue weighted by molar-refractivity contribution is 5.83. The number of carbonyl (C=O) groups is 1. The Balaban J connectivity index is 1.99. The van der Waals surface area contributed by atoms with Gasteiger partial charge >= 0.3 is 6.18 Å². The molecular weight excluding hydrogens is 357 g/mol. The normalized spacial score (nSPS) is 17.6. The molecule has 0 saturated carbocycles. The summed E-state index contributed by atoms with van der Waals surface area (Å²) < 4.78 is 46.9. The van der Waals surface area contributed by atoms with Gasteiger partial charge in [-0.25, -0.2) is 4.98 Å². The van der Waals surface area contributed by atoms with Gasteiger partial charge in [0, 0.05) is 12.2 Å². The Morgan fingerprint density at radius 1 is 1.26 bits per heavy atom. The fourth-order valence-corrected chi connectivity index (χ4v) is 3.54. The van der Waals surface area contributed by atoms with E-state index >= 15 is 0 Å². The first-order chi connectivity index (χ1) is 12.9. The van der Waals surface area contributed by atoms with Crippen molar-refractivity contribution in [3.63, 3.8) is 0 Å². The molecule has 1 atom stereocenters. The maximum absolute atomic E-state index is 13.1. The number of ether oxygens (including phenoxy) is 1. The van der Waals surface area contributed by atoms with Crippen molar-refractivity contribution in [1.29, 1.82) is 0 Å². The van der Waals surface area contributed by atoms with Crippen LogP contribution in [0.3, 0.4) is 0 Å². The van der Waals surface area contributed by atoms with Crippen LogP contribution >= 0.6 is 0 Å². The highest BCUT2D eigenvalue weighted by atomic mass is 19.4. The molecule has 2 aromatic carbocycles. The first-order valence-electron chi connectivity index (χ1n) is 8.66. The highest BCUT2D eigenvalue weighted by Gasteiger charge is 2.32. The summed E-state index contributed by atoms with van der Waals surface area (Å²) in [4.78, 5) is 15.8. The van der Waals surface area contributed by atoms with E-state index in [1.54, 1.807) is 12.1 Å². The third kappa shape index (κ3) is 3.02. The zero-order valence-corrected chi connectivity index (χ0v) is 14.6. The number of carbonyl (C=O) groups excluding carboxylic acids is 1. The summed E-state index contributed by atoms with van der Waals surface area (Å²) >= 11 is 0. The minimum Gasteiger partial charge on any atom is -0.370 e. The summed E-state index contributed by atoms with van der Waals surface area (Å²) in [6.45, 7) is 2.41. The number of hydrogen-bond donors (Lipinski definition) is 0. The number of benzene rings is 2. The Labute approximate surface area is 153 Å². The zero-order chi connectivity index (χ0) is 19.2. The van der Waals surface area contributed by atoms with Crippen LogP contribution in [0.2, 0.25) is 0 Å². The average Bonchev–Trinajstić information content (AvgIpc) is 3.28. The number of alkyl halides is 3. The second kappa shape index (κ2) is 6.49. The van der Waals surface area contributed by atoms with Crippen LogP contribution in [-0.4, -0.2) is 22.4 Å². The third-order valence-electron chi connectivity index (χ3n) is 4.94. The van der Waals surface area contributed by atoms with E-state index in [-0.39, 0.29) is 11.6 Å². The van der Waals surface area contributed by atoms with Crippen LogP contribution in [-0.2, 0) is 10.9 Å². The van der Waals surface area contributed by atoms with Crippen LogP contribution < -0.4 is 0 Å². The van der Waals surface area contributed by atoms with Gasteiger partial charge in [-0.1, -0.05) is 12.1 Å². The Kier molecular flexibility index (Phi) is 4.26. The van der Waals surface area contributed by atoms with Crippen molar-refractivity contribution in [2.45, 2.75) is 32.0 Å². The molecule has 27 heavy (non-hydrogen) atoms. The fraction of sp³-hybridized carbons (Fsp3) is 0.300. The van der Waals surface area contributed by atoms with E-state index in [1.807, 2.05) is 17.6 Å². The molecule has 2 heterocycles. The molecule has 4 rings (SSSR count). The maximum atomic E-state index is 13.1. The van der Waals surface area contributed by atoms with E-state index < -0.39 is 11.7 Å². The maximum Gasteiger partial charge on any atom is 0.416 e. The summed E-state index contributed by atoms with van der Waals surface area (Å²) in [5.74, 6) is 0.563. The van der Waals surface area contributed by atoms with Crippen molar-refractivity contribution >= 4 is 17.3 Å². The highest BCUT2D eigenvalue weighted by Crippen LogP contribution is 2.36. The van der Waals surface area contributed by atoms with Gasteiger partial charge in [-0.3, -0.25) is 9.36 Å². The lowest BCUT2D eigenvalue weighted by Crippen LogP contribution is -2.09. The zero-order valence-electron chi connectivity index (χ0n) is 14.6. The van der Waals surface area contributed by atoms with Gasteiger partial charge in [-0.15, -0.1) is 0 Å². The predicted molar refractivity (Wildman–Crippen MR) is 94.1 cm³/mol. The molecule has 1 aliphatic heterocycles. The molecule has 0 spiro atoms. The van der Waals surface area contributed by atoms with Crippen molar-refractivity contribution in [2.24, 2.45) is 0 Å². The minimum absolute atomic E-state index is 0.256. The first-order valence-corrected chi connectivity index (χ1v) is 8.66. The number of hydrogen-bond acceptors (Lipinski definition) is 3. The van der Waals surface area contributed by atoms with Gasteiger partial charge in [-0.05, 0) is 49.6 Å². The Hall–Kier alpha value is -2.67. The van der Waals surface area contributed by atoms with E-state index in [4.69, 9.17) is 4.74 Å². The topological polar surface area (TPSA) is 44.1 Å². The Morgan fingerprint density at radius 2 is 2.07 bits per heavy atom. The first kappa shape index (κ1) is 17.7. The minimum atomic E-state index is -4.44. The van der Waals surface area contributed by atoms with Gasteiger partial charge in [0.15, 0.2) is 0 Å². The lowest BCUT2D eigenvalue weighted by molar-refractivity contribution is -0.137. The monoisotopic (exact) mass is 374 g/mol. The van der Waals surface area contributed by atoms with Crippen LogP contribution in [0.5, 0.6) is 0 Å². The largest absolute Gasteiger partial charge is 0.416 e. The molecule has 1 aromatic heterocycles. The van der Waals surface area contributed by atoms with Gasteiger partial charge in [0.2, 0.25) is 0 Å². The van der Waals surface area contributed by atoms with Crippen LogP contribution in [0.25, 0.3) is 16.7 Å². The number of aromatic nitrogens is 2. The number of fused-ring (bicyclic) bond motifs is 1. The van der Waals surface area contributed by atoms with Crippen molar-refractivity contribution in [1.82, 2.24) is 9.55 Å². The summed E-state index contributed by atoms with van der Waals surface area (Å²) in [5.41, 5.74) is 2.06. The van der Waals surface area contributed by atoms with Crippen molar-refractivity contribution in [3.8, 4) is 5.69 Å². The van der Waals surface area contributed by atoms with Crippen LogP contribution in [0, 0.1) is 6.92 Å². The quantitative estimate of drug-likeness (QED) is 0.605. The summed E-state index contributed by atoms with van der Waals surface area (Å²) in [6, 6.07) is 8.83. The second-order valence-electron chi connectivity index (χ2n) is 6.62. The Bertz CT molecular complexity index is 1020. The molecule has 140 valence electrons.